The molecule has 112 valence electrons. The zero-order valence-electron chi connectivity index (χ0n) is 12.7. The van der Waals surface area contributed by atoms with Gasteiger partial charge < -0.3 is 5.32 Å². The summed E-state index contributed by atoms with van der Waals surface area (Å²) in [7, 11) is 0. The minimum atomic E-state index is -0.254. The second-order valence-electron chi connectivity index (χ2n) is 5.36. The molecule has 0 fully saturated rings. The Hall–Kier alpha value is -1.74. The molecule has 0 aliphatic rings. The molecule has 2 aromatic carbocycles. The maximum absolute atomic E-state index is 14.3. The van der Waals surface area contributed by atoms with Crippen molar-refractivity contribution < 1.29 is 8.78 Å². The predicted octanol–water partition coefficient (Wildman–Crippen LogP) is 4.47. The van der Waals surface area contributed by atoms with Crippen molar-refractivity contribution in [3.8, 4) is 0 Å². The molecule has 0 radical (unpaired) electrons. The summed E-state index contributed by atoms with van der Waals surface area (Å²) in [6.07, 6.45) is 0.567. The number of halogens is 2. The molecule has 0 bridgehead atoms. The maximum Gasteiger partial charge on any atom is 0.130 e. The Labute approximate surface area is 125 Å². The molecule has 0 aliphatic heterocycles. The van der Waals surface area contributed by atoms with Gasteiger partial charge in [-0.05, 0) is 55.6 Å². The Morgan fingerprint density at radius 1 is 1.05 bits per heavy atom. The average Bonchev–Trinajstić information content (AvgIpc) is 2.45. The van der Waals surface area contributed by atoms with E-state index in [0.717, 1.165) is 17.7 Å². The maximum atomic E-state index is 14.3. The van der Waals surface area contributed by atoms with Gasteiger partial charge in [0.25, 0.3) is 0 Å². The van der Waals surface area contributed by atoms with Crippen LogP contribution in [-0.4, -0.2) is 6.54 Å². The van der Waals surface area contributed by atoms with Gasteiger partial charge in [-0.1, -0.05) is 31.2 Å². The molecule has 1 nitrogen and oxygen atoms in total. The van der Waals surface area contributed by atoms with E-state index in [9.17, 15) is 8.78 Å². The number of nitrogens with one attached hydrogen (secondary N) is 1. The fourth-order valence-electron chi connectivity index (χ4n) is 2.56. The van der Waals surface area contributed by atoms with E-state index in [1.807, 2.05) is 19.9 Å². The summed E-state index contributed by atoms with van der Waals surface area (Å²) in [5, 5.41) is 3.30. The molecule has 0 aliphatic carbocycles. The summed E-state index contributed by atoms with van der Waals surface area (Å²) in [6, 6.07) is 10.0. The molecule has 2 aromatic rings. The van der Waals surface area contributed by atoms with Crippen LogP contribution in [0.25, 0.3) is 0 Å². The lowest BCUT2D eigenvalue weighted by Gasteiger charge is -2.21. The largest absolute Gasteiger partial charge is 0.310 e. The molecule has 21 heavy (non-hydrogen) atoms. The van der Waals surface area contributed by atoms with Crippen LogP contribution in [0.15, 0.2) is 36.4 Å². The highest BCUT2D eigenvalue weighted by Crippen LogP contribution is 2.25. The van der Waals surface area contributed by atoms with Crippen LogP contribution in [0.2, 0.25) is 0 Å². The van der Waals surface area contributed by atoms with E-state index in [2.05, 4.69) is 5.32 Å². The first-order chi connectivity index (χ1) is 10.0. The van der Waals surface area contributed by atoms with Gasteiger partial charge in [0.1, 0.15) is 11.6 Å². The Bertz CT molecular complexity index is 623. The minimum Gasteiger partial charge on any atom is -0.310 e. The summed E-state index contributed by atoms with van der Waals surface area (Å²) in [5.41, 5.74) is 3.20. The van der Waals surface area contributed by atoms with Crippen LogP contribution >= 0.6 is 0 Å². The van der Waals surface area contributed by atoms with E-state index in [4.69, 9.17) is 0 Å². The molecule has 2 rings (SSSR count). The molecule has 0 saturated carbocycles. The van der Waals surface area contributed by atoms with Crippen LogP contribution in [0.4, 0.5) is 8.78 Å². The van der Waals surface area contributed by atoms with Crippen molar-refractivity contribution in [3.05, 3.63) is 70.3 Å². The van der Waals surface area contributed by atoms with E-state index in [0.29, 0.717) is 17.5 Å². The lowest BCUT2D eigenvalue weighted by atomic mass is 9.94. The number of aryl methyl sites for hydroxylation is 2. The van der Waals surface area contributed by atoms with Gasteiger partial charge in [-0.3, -0.25) is 0 Å². The fourth-order valence-corrected chi connectivity index (χ4v) is 2.56. The second-order valence-corrected chi connectivity index (χ2v) is 5.36. The molecule has 1 atom stereocenters. The molecule has 0 saturated heterocycles. The van der Waals surface area contributed by atoms with Gasteiger partial charge in [-0.15, -0.1) is 0 Å². The van der Waals surface area contributed by atoms with Crippen LogP contribution in [0.5, 0.6) is 0 Å². The number of hydrogen-bond acceptors (Lipinski definition) is 1. The number of hydrogen-bond donors (Lipinski definition) is 1. The fraction of sp³-hybridized carbons (Fsp3) is 0.333. The van der Waals surface area contributed by atoms with Crippen molar-refractivity contribution >= 4 is 0 Å². The predicted molar refractivity (Wildman–Crippen MR) is 82.4 cm³/mol. The zero-order valence-corrected chi connectivity index (χ0v) is 12.7. The van der Waals surface area contributed by atoms with Crippen molar-refractivity contribution in [1.82, 2.24) is 5.32 Å². The van der Waals surface area contributed by atoms with Crippen molar-refractivity contribution in [2.24, 2.45) is 0 Å². The van der Waals surface area contributed by atoms with Crippen LogP contribution in [0.3, 0.4) is 0 Å². The van der Waals surface area contributed by atoms with Crippen LogP contribution in [0, 0.1) is 25.5 Å². The number of benzene rings is 2. The van der Waals surface area contributed by atoms with Gasteiger partial charge in [0.2, 0.25) is 0 Å². The molecule has 0 amide bonds. The van der Waals surface area contributed by atoms with Gasteiger partial charge >= 0.3 is 0 Å². The average molecular weight is 289 g/mol. The Morgan fingerprint density at radius 2 is 1.81 bits per heavy atom. The van der Waals surface area contributed by atoms with Crippen LogP contribution < -0.4 is 5.32 Å². The number of likely N-dealkylation sites (N-methyl/N-ethyl adjacent to an activating group) is 1. The molecule has 0 heterocycles. The van der Waals surface area contributed by atoms with Gasteiger partial charge in [-0.25, -0.2) is 8.78 Å². The molecular weight excluding hydrogens is 268 g/mol. The molecule has 1 unspecified atom stereocenters. The summed E-state index contributed by atoms with van der Waals surface area (Å²) in [4.78, 5) is 0. The van der Waals surface area contributed by atoms with Gasteiger partial charge in [0.15, 0.2) is 0 Å². The summed E-state index contributed by atoms with van der Waals surface area (Å²) in [6.45, 7) is 6.42. The van der Waals surface area contributed by atoms with Crippen molar-refractivity contribution in [2.45, 2.75) is 33.2 Å². The van der Waals surface area contributed by atoms with E-state index in [1.165, 1.54) is 12.1 Å². The quantitative estimate of drug-likeness (QED) is 0.856. The molecule has 0 aromatic heterocycles. The standard InChI is InChI=1S/C18H21F2N/c1-4-21-17(16-7-5-6-13(3)18(16)20)11-14-10-15(19)9-8-12(14)2/h5-10,17,21H,4,11H2,1-3H3. The van der Waals surface area contributed by atoms with Gasteiger partial charge in [-0.2, -0.15) is 0 Å². The molecule has 1 N–H and O–H groups in total. The Kier molecular flexibility index (Phi) is 5.07. The molecule has 0 spiro atoms. The Morgan fingerprint density at radius 3 is 2.52 bits per heavy atom. The first-order valence-corrected chi connectivity index (χ1v) is 7.26. The summed E-state index contributed by atoms with van der Waals surface area (Å²) < 4.78 is 27.8. The SMILES string of the molecule is CCNC(Cc1cc(F)ccc1C)c1cccc(C)c1F. The Balaban J connectivity index is 2.35. The van der Waals surface area contributed by atoms with E-state index in [-0.39, 0.29) is 17.7 Å². The highest BCUT2D eigenvalue weighted by molar-refractivity contribution is 5.32. The highest BCUT2D eigenvalue weighted by Gasteiger charge is 2.17. The summed E-state index contributed by atoms with van der Waals surface area (Å²) >= 11 is 0. The third-order valence-electron chi connectivity index (χ3n) is 3.78. The third kappa shape index (κ3) is 3.67. The van der Waals surface area contributed by atoms with Crippen molar-refractivity contribution in [1.29, 1.82) is 0 Å². The van der Waals surface area contributed by atoms with Crippen LogP contribution in [0.1, 0.15) is 35.2 Å². The molecular formula is C18H21F2N. The van der Waals surface area contributed by atoms with Crippen LogP contribution in [-0.2, 0) is 6.42 Å². The molecule has 3 heteroatoms. The first kappa shape index (κ1) is 15.6. The van der Waals surface area contributed by atoms with Crippen molar-refractivity contribution in [2.75, 3.05) is 6.54 Å². The lowest BCUT2D eigenvalue weighted by molar-refractivity contribution is 0.505. The third-order valence-corrected chi connectivity index (χ3v) is 3.78. The van der Waals surface area contributed by atoms with E-state index < -0.39 is 0 Å². The zero-order chi connectivity index (χ0) is 15.4. The first-order valence-electron chi connectivity index (χ1n) is 7.26. The second kappa shape index (κ2) is 6.81. The van der Waals surface area contributed by atoms with E-state index in [1.54, 1.807) is 25.1 Å². The highest BCUT2D eigenvalue weighted by atomic mass is 19.1. The summed E-state index contributed by atoms with van der Waals surface area (Å²) in [5.74, 6) is -0.437. The van der Waals surface area contributed by atoms with Gasteiger partial charge in [0.05, 0.1) is 0 Å². The smallest absolute Gasteiger partial charge is 0.130 e. The van der Waals surface area contributed by atoms with Crippen molar-refractivity contribution in [3.63, 3.8) is 0 Å². The normalized spacial score (nSPS) is 12.4. The minimum absolute atomic E-state index is 0.157. The van der Waals surface area contributed by atoms with Gasteiger partial charge in [0, 0.05) is 11.6 Å². The monoisotopic (exact) mass is 289 g/mol. The topological polar surface area (TPSA) is 12.0 Å². The lowest BCUT2D eigenvalue weighted by Crippen LogP contribution is -2.24. The van der Waals surface area contributed by atoms with E-state index >= 15 is 0 Å². The number of rotatable bonds is 5.